The van der Waals surface area contributed by atoms with Gasteiger partial charge in [-0.05, 0) is 52.4 Å². The quantitative estimate of drug-likeness (QED) is 0.312. The van der Waals surface area contributed by atoms with Crippen LogP contribution in [-0.2, 0) is 10.9 Å². The molecule has 3 rings (SSSR count). The first kappa shape index (κ1) is 28.1. The molecule has 1 amide bonds. The number of alkyl halides is 3. The molecule has 2 aromatic heterocycles. The molecule has 0 spiro atoms. The van der Waals surface area contributed by atoms with Gasteiger partial charge in [0.1, 0.15) is 11.3 Å². The van der Waals surface area contributed by atoms with E-state index in [1.165, 1.54) is 24.4 Å². The highest BCUT2D eigenvalue weighted by Gasteiger charge is 2.33. The van der Waals surface area contributed by atoms with E-state index in [-0.39, 0.29) is 35.4 Å². The molecule has 3 aromatic rings. The molecule has 2 heterocycles. The monoisotopic (exact) mass is 518 g/mol. The van der Waals surface area contributed by atoms with Crippen molar-refractivity contribution in [1.29, 1.82) is 0 Å². The van der Waals surface area contributed by atoms with Crippen LogP contribution in [0.25, 0.3) is 22.4 Å². The number of ether oxygens (including phenoxy) is 1. The number of pyridine rings is 1. The van der Waals surface area contributed by atoms with Gasteiger partial charge in [-0.15, -0.1) is 0 Å². The van der Waals surface area contributed by atoms with E-state index in [0.717, 1.165) is 38.5 Å². The summed E-state index contributed by atoms with van der Waals surface area (Å²) in [5.41, 5.74) is 0.161. The first-order valence-corrected chi connectivity index (χ1v) is 12.4. The SMILES string of the molecule is CCOC(=O)Nc1cc(NC(C)CCCN(CC)CC)c2ncc(-c3ccccc3C(F)(F)F)nc2n1. The maximum atomic E-state index is 13.6. The van der Waals surface area contributed by atoms with Crippen molar-refractivity contribution in [1.82, 2.24) is 19.9 Å². The van der Waals surface area contributed by atoms with Gasteiger partial charge >= 0.3 is 12.3 Å². The predicted octanol–water partition coefficient (Wildman–Crippen LogP) is 6.20. The lowest BCUT2D eigenvalue weighted by atomic mass is 10.0. The number of halogens is 3. The summed E-state index contributed by atoms with van der Waals surface area (Å²) in [6.07, 6.45) is -2.08. The molecule has 200 valence electrons. The van der Waals surface area contributed by atoms with Crippen molar-refractivity contribution in [2.75, 3.05) is 36.9 Å². The number of amides is 1. The molecular formula is C26H33F3N6O2. The van der Waals surface area contributed by atoms with Crippen LogP contribution in [0.4, 0.5) is 29.5 Å². The van der Waals surface area contributed by atoms with Crippen LogP contribution in [0, 0.1) is 0 Å². The summed E-state index contributed by atoms with van der Waals surface area (Å²) in [5.74, 6) is 0.152. The van der Waals surface area contributed by atoms with Crippen LogP contribution in [0.15, 0.2) is 36.5 Å². The smallest absolute Gasteiger partial charge is 0.417 e. The topological polar surface area (TPSA) is 92.3 Å². The van der Waals surface area contributed by atoms with Crippen LogP contribution in [-0.4, -0.2) is 58.2 Å². The van der Waals surface area contributed by atoms with E-state index in [0.29, 0.717) is 11.2 Å². The lowest BCUT2D eigenvalue weighted by Crippen LogP contribution is -2.25. The Bertz CT molecular complexity index is 1200. The van der Waals surface area contributed by atoms with Gasteiger partial charge in [0.2, 0.25) is 0 Å². The zero-order valence-electron chi connectivity index (χ0n) is 21.5. The molecule has 37 heavy (non-hydrogen) atoms. The number of carbonyl (C=O) groups is 1. The number of nitrogens with zero attached hydrogens (tertiary/aromatic N) is 4. The van der Waals surface area contributed by atoms with Gasteiger partial charge in [0.05, 0.1) is 29.7 Å². The van der Waals surface area contributed by atoms with Crippen molar-refractivity contribution in [3.05, 3.63) is 42.1 Å². The van der Waals surface area contributed by atoms with Gasteiger partial charge in [-0.25, -0.2) is 19.7 Å². The maximum absolute atomic E-state index is 13.6. The molecule has 1 atom stereocenters. The average Bonchev–Trinajstić information content (AvgIpc) is 2.86. The Labute approximate surface area is 214 Å². The van der Waals surface area contributed by atoms with Crippen LogP contribution < -0.4 is 10.6 Å². The number of rotatable bonds is 11. The van der Waals surface area contributed by atoms with Crippen molar-refractivity contribution in [2.24, 2.45) is 0 Å². The number of hydrogen-bond donors (Lipinski definition) is 2. The van der Waals surface area contributed by atoms with Crippen LogP contribution in [0.1, 0.15) is 46.1 Å². The minimum Gasteiger partial charge on any atom is -0.450 e. The zero-order valence-corrected chi connectivity index (χ0v) is 21.5. The average molecular weight is 519 g/mol. The van der Waals surface area contributed by atoms with Gasteiger partial charge in [0.15, 0.2) is 5.65 Å². The zero-order chi connectivity index (χ0) is 27.0. The molecular weight excluding hydrogens is 485 g/mol. The summed E-state index contributed by atoms with van der Waals surface area (Å²) in [5, 5.41) is 5.95. The summed E-state index contributed by atoms with van der Waals surface area (Å²) < 4.78 is 45.7. The minimum absolute atomic E-state index is 0.0273. The van der Waals surface area contributed by atoms with E-state index in [1.807, 2.05) is 6.92 Å². The molecule has 1 aromatic carbocycles. The lowest BCUT2D eigenvalue weighted by Gasteiger charge is -2.21. The second-order valence-electron chi connectivity index (χ2n) is 8.59. The second-order valence-corrected chi connectivity index (χ2v) is 8.59. The third kappa shape index (κ3) is 7.51. The van der Waals surface area contributed by atoms with E-state index in [9.17, 15) is 18.0 Å². The van der Waals surface area contributed by atoms with Crippen molar-refractivity contribution >= 4 is 28.8 Å². The summed E-state index contributed by atoms with van der Waals surface area (Å²) >= 11 is 0. The Kier molecular flexibility index (Phi) is 9.62. The van der Waals surface area contributed by atoms with Gasteiger partial charge in [0, 0.05) is 17.7 Å². The number of nitrogens with one attached hydrogen (secondary N) is 2. The van der Waals surface area contributed by atoms with Gasteiger partial charge in [-0.3, -0.25) is 5.32 Å². The number of fused-ring (bicyclic) bond motifs is 1. The van der Waals surface area contributed by atoms with Crippen molar-refractivity contribution in [2.45, 2.75) is 52.8 Å². The molecule has 8 nitrogen and oxygen atoms in total. The standard InChI is InChI=1S/C26H33F3N6O2/c1-5-35(6-2)14-10-11-17(4)31-20-15-22(34-25(36)37-7-3)33-24-23(20)30-16-21(32-24)18-12-8-9-13-19(18)26(27,28)29/h8-9,12-13,15-17H,5-7,10-11,14H2,1-4H3,(H2,31,32,33,34,36). The Morgan fingerprint density at radius 2 is 1.86 bits per heavy atom. The van der Waals surface area contributed by atoms with Crippen molar-refractivity contribution in [3.8, 4) is 11.3 Å². The Hall–Kier alpha value is -3.47. The first-order valence-electron chi connectivity index (χ1n) is 12.4. The third-order valence-electron chi connectivity index (χ3n) is 5.94. The molecule has 2 N–H and O–H groups in total. The Morgan fingerprint density at radius 3 is 2.54 bits per heavy atom. The van der Waals surface area contributed by atoms with E-state index in [2.05, 4.69) is 44.3 Å². The maximum Gasteiger partial charge on any atom is 0.417 e. The van der Waals surface area contributed by atoms with Crippen LogP contribution in [0.2, 0.25) is 0 Å². The highest BCUT2D eigenvalue weighted by atomic mass is 19.4. The highest BCUT2D eigenvalue weighted by molar-refractivity contribution is 5.92. The molecule has 0 fully saturated rings. The molecule has 11 heteroatoms. The Morgan fingerprint density at radius 1 is 1.14 bits per heavy atom. The first-order chi connectivity index (χ1) is 17.7. The Balaban J connectivity index is 1.96. The van der Waals surface area contributed by atoms with E-state index in [4.69, 9.17) is 4.74 Å². The fourth-order valence-corrected chi connectivity index (χ4v) is 4.03. The molecule has 0 aliphatic carbocycles. The molecule has 0 aliphatic rings. The number of aromatic nitrogens is 3. The van der Waals surface area contributed by atoms with E-state index >= 15 is 0 Å². The van der Waals surface area contributed by atoms with Gasteiger partial charge < -0.3 is 15.0 Å². The molecule has 1 unspecified atom stereocenters. The summed E-state index contributed by atoms with van der Waals surface area (Å²) in [7, 11) is 0. The third-order valence-corrected chi connectivity index (χ3v) is 5.94. The second kappa shape index (κ2) is 12.7. The van der Waals surface area contributed by atoms with Crippen molar-refractivity contribution in [3.63, 3.8) is 0 Å². The number of carbonyl (C=O) groups excluding carboxylic acids is 1. The predicted molar refractivity (Wildman–Crippen MR) is 139 cm³/mol. The number of anilines is 2. The molecule has 0 bridgehead atoms. The van der Waals surface area contributed by atoms with Gasteiger partial charge in [-0.1, -0.05) is 32.0 Å². The number of hydrogen-bond acceptors (Lipinski definition) is 7. The van der Waals surface area contributed by atoms with Gasteiger partial charge in [-0.2, -0.15) is 13.2 Å². The normalized spacial score (nSPS) is 12.5. The summed E-state index contributed by atoms with van der Waals surface area (Å²) in [6.45, 7) is 11.1. The van der Waals surface area contributed by atoms with Crippen LogP contribution in [0.5, 0.6) is 0 Å². The fourth-order valence-electron chi connectivity index (χ4n) is 4.03. The molecule has 0 aliphatic heterocycles. The van der Waals surface area contributed by atoms with Crippen LogP contribution >= 0.6 is 0 Å². The van der Waals surface area contributed by atoms with E-state index < -0.39 is 17.8 Å². The number of benzene rings is 1. The molecule has 0 radical (unpaired) electrons. The molecule has 0 saturated heterocycles. The largest absolute Gasteiger partial charge is 0.450 e. The van der Waals surface area contributed by atoms with Crippen molar-refractivity contribution < 1.29 is 22.7 Å². The summed E-state index contributed by atoms with van der Waals surface area (Å²) in [6, 6.07) is 6.86. The minimum atomic E-state index is -4.55. The summed E-state index contributed by atoms with van der Waals surface area (Å²) in [4.78, 5) is 27.5. The molecule has 0 saturated carbocycles. The van der Waals surface area contributed by atoms with Crippen LogP contribution in [0.3, 0.4) is 0 Å². The highest BCUT2D eigenvalue weighted by Crippen LogP contribution is 2.36. The lowest BCUT2D eigenvalue weighted by molar-refractivity contribution is -0.137. The van der Waals surface area contributed by atoms with E-state index in [1.54, 1.807) is 13.0 Å². The van der Waals surface area contributed by atoms with Gasteiger partial charge in [0.25, 0.3) is 0 Å². The fraction of sp³-hybridized carbons (Fsp3) is 0.462.